The summed E-state index contributed by atoms with van der Waals surface area (Å²) in [4.78, 5) is 1.26. The molecule has 3 heteroatoms. The molecule has 0 radical (unpaired) electrons. The van der Waals surface area contributed by atoms with E-state index in [1.165, 1.54) is 36.1 Å². The van der Waals surface area contributed by atoms with Crippen molar-refractivity contribution in [1.82, 2.24) is 0 Å². The third-order valence-corrected chi connectivity index (χ3v) is 4.57. The lowest BCUT2D eigenvalue weighted by Gasteiger charge is -2.18. The Morgan fingerprint density at radius 3 is 2.55 bits per heavy atom. The first-order valence-corrected chi connectivity index (χ1v) is 8.62. The number of benzene rings is 1. The Morgan fingerprint density at radius 1 is 1.20 bits per heavy atom. The fourth-order valence-electron chi connectivity index (χ4n) is 2.20. The Kier molecular flexibility index (Phi) is 7.60. The Morgan fingerprint density at radius 2 is 1.95 bits per heavy atom. The lowest BCUT2D eigenvalue weighted by molar-refractivity contribution is 0.221. The number of aryl methyl sites for hydroxylation is 1. The first-order chi connectivity index (χ1) is 9.49. The van der Waals surface area contributed by atoms with Crippen molar-refractivity contribution < 1.29 is 4.39 Å². The van der Waals surface area contributed by atoms with Gasteiger partial charge in [-0.2, -0.15) is 0 Å². The van der Waals surface area contributed by atoms with Gasteiger partial charge in [0.1, 0.15) is 5.67 Å². The quantitative estimate of drug-likeness (QED) is 0.509. The molecule has 0 fully saturated rings. The monoisotopic (exact) mass is 297 g/mol. The van der Waals surface area contributed by atoms with Gasteiger partial charge in [0, 0.05) is 17.2 Å². The highest BCUT2D eigenvalue weighted by Crippen LogP contribution is 2.31. The smallest absolute Gasteiger partial charge is 0.130 e. The van der Waals surface area contributed by atoms with Gasteiger partial charge in [-0.3, -0.25) is 0 Å². The maximum absolute atomic E-state index is 14.1. The van der Waals surface area contributed by atoms with E-state index in [0.717, 1.165) is 17.7 Å². The molecule has 114 valence electrons. The SMILES string of the molecule is CCCCCCc1cc(C(C)(C)F)ccc1SCCN. The lowest BCUT2D eigenvalue weighted by atomic mass is 9.96. The molecule has 0 aliphatic heterocycles. The molecular formula is C17H28FNS. The van der Waals surface area contributed by atoms with Gasteiger partial charge in [0.25, 0.3) is 0 Å². The van der Waals surface area contributed by atoms with Crippen LogP contribution in [0, 0.1) is 0 Å². The summed E-state index contributed by atoms with van der Waals surface area (Å²) in [7, 11) is 0. The van der Waals surface area contributed by atoms with Crippen LogP contribution in [-0.4, -0.2) is 12.3 Å². The van der Waals surface area contributed by atoms with Crippen LogP contribution in [0.3, 0.4) is 0 Å². The molecule has 0 unspecified atom stereocenters. The molecule has 1 aromatic carbocycles. The summed E-state index contributed by atoms with van der Waals surface area (Å²) in [6.07, 6.45) is 5.99. The van der Waals surface area contributed by atoms with Gasteiger partial charge in [0.2, 0.25) is 0 Å². The van der Waals surface area contributed by atoms with Crippen molar-refractivity contribution in [1.29, 1.82) is 0 Å². The number of unbranched alkanes of at least 4 members (excludes halogenated alkanes) is 3. The molecule has 0 saturated carbocycles. The molecule has 0 amide bonds. The maximum atomic E-state index is 14.1. The number of rotatable bonds is 9. The molecule has 1 rings (SSSR count). The van der Waals surface area contributed by atoms with Crippen molar-refractivity contribution in [3.63, 3.8) is 0 Å². The van der Waals surface area contributed by atoms with Crippen LogP contribution in [0.25, 0.3) is 0 Å². The maximum Gasteiger partial charge on any atom is 0.130 e. The fraction of sp³-hybridized carbons (Fsp3) is 0.647. The summed E-state index contributed by atoms with van der Waals surface area (Å²) in [5, 5.41) is 0. The largest absolute Gasteiger partial charge is 0.330 e. The molecule has 0 spiro atoms. The molecule has 0 saturated heterocycles. The van der Waals surface area contributed by atoms with Crippen molar-refractivity contribution in [2.24, 2.45) is 5.73 Å². The molecule has 0 heterocycles. The Bertz CT molecular complexity index is 398. The minimum Gasteiger partial charge on any atom is -0.330 e. The second-order valence-corrected chi connectivity index (χ2v) is 6.88. The summed E-state index contributed by atoms with van der Waals surface area (Å²) in [6, 6.07) is 6.02. The molecule has 20 heavy (non-hydrogen) atoms. The number of halogens is 1. The van der Waals surface area contributed by atoms with Gasteiger partial charge < -0.3 is 5.73 Å². The predicted octanol–water partition coefficient (Wildman–Crippen LogP) is 5.06. The molecule has 2 N–H and O–H groups in total. The summed E-state index contributed by atoms with van der Waals surface area (Å²) in [5.41, 5.74) is 6.37. The second kappa shape index (κ2) is 8.68. The van der Waals surface area contributed by atoms with Crippen molar-refractivity contribution >= 4 is 11.8 Å². The standard InChI is InChI=1S/C17H28FNS/c1-4-5-6-7-8-14-13-15(17(2,3)18)9-10-16(14)20-12-11-19/h9-10,13H,4-8,11-12,19H2,1-3H3. The van der Waals surface area contributed by atoms with E-state index in [9.17, 15) is 4.39 Å². The highest BCUT2D eigenvalue weighted by molar-refractivity contribution is 7.99. The van der Waals surface area contributed by atoms with Gasteiger partial charge in [-0.25, -0.2) is 4.39 Å². The molecule has 0 bridgehead atoms. The zero-order valence-electron chi connectivity index (χ0n) is 13.0. The average Bonchev–Trinajstić information content (AvgIpc) is 2.41. The van der Waals surface area contributed by atoms with Gasteiger partial charge in [0.05, 0.1) is 0 Å². The second-order valence-electron chi connectivity index (χ2n) is 5.74. The third-order valence-electron chi connectivity index (χ3n) is 3.42. The average molecular weight is 297 g/mol. The number of hydrogen-bond acceptors (Lipinski definition) is 2. The lowest BCUT2D eigenvalue weighted by Crippen LogP contribution is -2.10. The van der Waals surface area contributed by atoms with Crippen molar-refractivity contribution in [2.75, 3.05) is 12.3 Å². The van der Waals surface area contributed by atoms with E-state index in [-0.39, 0.29) is 0 Å². The third kappa shape index (κ3) is 5.84. The van der Waals surface area contributed by atoms with Gasteiger partial charge in [0.15, 0.2) is 0 Å². The van der Waals surface area contributed by atoms with Gasteiger partial charge in [-0.15, -0.1) is 11.8 Å². The number of nitrogens with two attached hydrogens (primary N) is 1. The van der Waals surface area contributed by atoms with Crippen LogP contribution in [0.5, 0.6) is 0 Å². The minimum atomic E-state index is -1.27. The van der Waals surface area contributed by atoms with Crippen LogP contribution in [0.1, 0.15) is 57.6 Å². The highest BCUT2D eigenvalue weighted by Gasteiger charge is 2.19. The van der Waals surface area contributed by atoms with Crippen LogP contribution in [0.2, 0.25) is 0 Å². The van der Waals surface area contributed by atoms with Gasteiger partial charge in [-0.05, 0) is 43.9 Å². The molecule has 0 aliphatic carbocycles. The van der Waals surface area contributed by atoms with E-state index in [0.29, 0.717) is 6.54 Å². The Balaban J connectivity index is 2.82. The van der Waals surface area contributed by atoms with Gasteiger partial charge in [-0.1, -0.05) is 38.3 Å². The molecular weight excluding hydrogens is 269 g/mol. The van der Waals surface area contributed by atoms with E-state index in [1.807, 2.05) is 12.1 Å². The number of alkyl halides is 1. The molecule has 1 nitrogen and oxygen atoms in total. The number of thioether (sulfide) groups is 1. The van der Waals surface area contributed by atoms with Crippen LogP contribution < -0.4 is 5.73 Å². The fourth-order valence-corrected chi connectivity index (χ4v) is 3.04. The topological polar surface area (TPSA) is 26.0 Å². The molecule has 1 aromatic rings. The van der Waals surface area contributed by atoms with E-state index in [4.69, 9.17) is 5.73 Å². The van der Waals surface area contributed by atoms with E-state index in [2.05, 4.69) is 13.0 Å². The zero-order valence-corrected chi connectivity index (χ0v) is 13.9. The molecule has 0 aromatic heterocycles. The Hall–Kier alpha value is -0.540. The van der Waals surface area contributed by atoms with Crippen LogP contribution >= 0.6 is 11.8 Å². The highest BCUT2D eigenvalue weighted by atomic mass is 32.2. The first-order valence-electron chi connectivity index (χ1n) is 7.64. The minimum absolute atomic E-state index is 0.677. The normalized spacial score (nSPS) is 11.8. The van der Waals surface area contributed by atoms with Crippen molar-refractivity contribution in [3.8, 4) is 0 Å². The van der Waals surface area contributed by atoms with Crippen LogP contribution in [0.15, 0.2) is 23.1 Å². The number of hydrogen-bond donors (Lipinski definition) is 1. The molecule has 0 atom stereocenters. The van der Waals surface area contributed by atoms with E-state index >= 15 is 0 Å². The van der Waals surface area contributed by atoms with Gasteiger partial charge >= 0.3 is 0 Å². The van der Waals surface area contributed by atoms with Crippen molar-refractivity contribution in [2.45, 2.75) is 63.4 Å². The summed E-state index contributed by atoms with van der Waals surface area (Å²) >= 11 is 1.78. The predicted molar refractivity (Wildman–Crippen MR) is 88.2 cm³/mol. The summed E-state index contributed by atoms with van der Waals surface area (Å²) in [5.74, 6) is 0.917. The summed E-state index contributed by atoms with van der Waals surface area (Å²) < 4.78 is 14.1. The molecule has 0 aliphatic rings. The Labute approximate surface area is 127 Å². The van der Waals surface area contributed by atoms with Crippen LogP contribution in [0.4, 0.5) is 4.39 Å². The van der Waals surface area contributed by atoms with E-state index < -0.39 is 5.67 Å². The van der Waals surface area contributed by atoms with E-state index in [1.54, 1.807) is 25.6 Å². The summed E-state index contributed by atoms with van der Waals surface area (Å²) in [6.45, 7) is 6.14. The zero-order chi connectivity index (χ0) is 15.0. The van der Waals surface area contributed by atoms with Crippen LogP contribution in [-0.2, 0) is 12.1 Å². The van der Waals surface area contributed by atoms with Crippen molar-refractivity contribution in [3.05, 3.63) is 29.3 Å². The first kappa shape index (κ1) is 17.5.